The Bertz CT molecular complexity index is 792. The van der Waals surface area contributed by atoms with Crippen LogP contribution >= 0.6 is 0 Å². The van der Waals surface area contributed by atoms with Crippen LogP contribution in [0.1, 0.15) is 16.7 Å². The van der Waals surface area contributed by atoms with Crippen LogP contribution in [0.5, 0.6) is 5.75 Å². The molecule has 0 unspecified atom stereocenters. The third-order valence-electron chi connectivity index (χ3n) is 2.96. The molecule has 2 rings (SSSR count). The maximum absolute atomic E-state index is 9.37. The van der Waals surface area contributed by atoms with Gasteiger partial charge < -0.3 is 4.74 Å². The van der Waals surface area contributed by atoms with E-state index in [9.17, 15) is 5.26 Å². The van der Waals surface area contributed by atoms with Gasteiger partial charge in [-0.2, -0.15) is 10.5 Å². The fraction of sp³-hybridized carbons (Fsp3) is 0.0526. The zero-order valence-electron chi connectivity index (χ0n) is 12.0. The van der Waals surface area contributed by atoms with Gasteiger partial charge in [0.1, 0.15) is 12.4 Å². The second-order valence-corrected chi connectivity index (χ2v) is 4.53. The van der Waals surface area contributed by atoms with Crippen molar-refractivity contribution in [2.24, 2.45) is 0 Å². The van der Waals surface area contributed by atoms with Gasteiger partial charge in [-0.15, -0.1) is 0 Å². The highest BCUT2D eigenvalue weighted by atomic mass is 16.5. The van der Waals surface area contributed by atoms with Gasteiger partial charge >= 0.3 is 0 Å². The zero-order chi connectivity index (χ0) is 15.8. The van der Waals surface area contributed by atoms with E-state index in [1.54, 1.807) is 30.4 Å². The molecule has 3 heteroatoms. The van der Waals surface area contributed by atoms with Crippen LogP contribution in [0.2, 0.25) is 0 Å². The summed E-state index contributed by atoms with van der Waals surface area (Å²) in [5, 5.41) is 18.3. The van der Waals surface area contributed by atoms with Crippen molar-refractivity contribution in [3.63, 3.8) is 0 Å². The third-order valence-corrected chi connectivity index (χ3v) is 2.96. The van der Waals surface area contributed by atoms with Gasteiger partial charge in [-0.05, 0) is 41.5 Å². The fourth-order valence-corrected chi connectivity index (χ4v) is 1.95. The van der Waals surface area contributed by atoms with Crippen molar-refractivity contribution in [2.45, 2.75) is 0 Å². The van der Waals surface area contributed by atoms with E-state index in [0.717, 1.165) is 16.9 Å². The molecule has 106 valence electrons. The van der Waals surface area contributed by atoms with Crippen LogP contribution in [-0.2, 0) is 0 Å². The Labute approximate surface area is 130 Å². The average molecular weight is 286 g/mol. The van der Waals surface area contributed by atoms with Crippen LogP contribution in [0.25, 0.3) is 11.6 Å². The Kier molecular flexibility index (Phi) is 5.13. The maximum Gasteiger partial charge on any atom is 0.120 e. The van der Waals surface area contributed by atoms with Crippen LogP contribution in [-0.4, -0.2) is 6.61 Å². The van der Waals surface area contributed by atoms with Gasteiger partial charge in [-0.3, -0.25) is 0 Å². The highest BCUT2D eigenvalue weighted by molar-refractivity contribution is 5.90. The SMILES string of the molecule is C=CCOc1cccc(C=C(C#N)c2cccc(C#N)c2)c1. The molecular formula is C19H14N2O. The largest absolute Gasteiger partial charge is 0.490 e. The molecular weight excluding hydrogens is 272 g/mol. The van der Waals surface area contributed by atoms with E-state index < -0.39 is 0 Å². The number of ether oxygens (including phenoxy) is 1. The van der Waals surface area contributed by atoms with E-state index >= 15 is 0 Å². The molecule has 0 amide bonds. The van der Waals surface area contributed by atoms with E-state index in [1.165, 1.54) is 0 Å². The lowest BCUT2D eigenvalue weighted by Gasteiger charge is -2.05. The van der Waals surface area contributed by atoms with Gasteiger partial charge in [0, 0.05) is 0 Å². The van der Waals surface area contributed by atoms with Crippen molar-refractivity contribution in [3.05, 3.63) is 77.9 Å². The molecule has 0 N–H and O–H groups in total. The Morgan fingerprint density at radius 3 is 2.68 bits per heavy atom. The van der Waals surface area contributed by atoms with Crippen LogP contribution in [0, 0.1) is 22.7 Å². The molecule has 0 aliphatic carbocycles. The number of hydrogen-bond acceptors (Lipinski definition) is 3. The first-order valence-corrected chi connectivity index (χ1v) is 6.73. The molecule has 3 nitrogen and oxygen atoms in total. The van der Waals surface area contributed by atoms with Gasteiger partial charge in [0.05, 0.1) is 23.3 Å². The van der Waals surface area contributed by atoms with Gasteiger partial charge in [-0.1, -0.05) is 36.9 Å². The smallest absolute Gasteiger partial charge is 0.120 e. The second kappa shape index (κ2) is 7.47. The summed E-state index contributed by atoms with van der Waals surface area (Å²) >= 11 is 0. The van der Waals surface area contributed by atoms with E-state index in [0.29, 0.717) is 17.7 Å². The summed E-state index contributed by atoms with van der Waals surface area (Å²) < 4.78 is 5.48. The average Bonchev–Trinajstić information content (AvgIpc) is 2.58. The van der Waals surface area contributed by atoms with E-state index in [4.69, 9.17) is 10.00 Å². The topological polar surface area (TPSA) is 56.8 Å². The van der Waals surface area contributed by atoms with Crippen LogP contribution in [0.4, 0.5) is 0 Å². The molecule has 0 heterocycles. The quantitative estimate of drug-likeness (QED) is 0.470. The number of hydrogen-bond donors (Lipinski definition) is 0. The minimum absolute atomic E-state index is 0.433. The van der Waals surface area contributed by atoms with E-state index in [1.807, 2.05) is 30.3 Å². The molecule has 0 fully saturated rings. The first-order chi connectivity index (χ1) is 10.8. The van der Waals surface area contributed by atoms with Crippen molar-refractivity contribution in [2.75, 3.05) is 6.61 Å². The summed E-state index contributed by atoms with van der Waals surface area (Å²) in [7, 11) is 0. The van der Waals surface area contributed by atoms with Gasteiger partial charge in [0.2, 0.25) is 0 Å². The van der Waals surface area contributed by atoms with E-state index in [-0.39, 0.29) is 0 Å². The number of nitrogens with zero attached hydrogens (tertiary/aromatic N) is 2. The minimum atomic E-state index is 0.433. The lowest BCUT2D eigenvalue weighted by molar-refractivity contribution is 0.363. The Morgan fingerprint density at radius 1 is 1.14 bits per heavy atom. The Hall–Kier alpha value is -3.30. The van der Waals surface area contributed by atoms with Crippen molar-refractivity contribution in [1.82, 2.24) is 0 Å². The Balaban J connectivity index is 2.34. The summed E-state index contributed by atoms with van der Waals surface area (Å²) in [6.07, 6.45) is 3.45. The van der Waals surface area contributed by atoms with Crippen molar-refractivity contribution in [3.8, 4) is 17.9 Å². The molecule has 0 aliphatic heterocycles. The molecule has 22 heavy (non-hydrogen) atoms. The molecule has 2 aromatic carbocycles. The first kappa shape index (κ1) is 15.1. The number of rotatable bonds is 5. The molecule has 2 aromatic rings. The fourth-order valence-electron chi connectivity index (χ4n) is 1.95. The highest BCUT2D eigenvalue weighted by Crippen LogP contribution is 2.21. The normalized spacial score (nSPS) is 10.4. The van der Waals surface area contributed by atoms with Crippen LogP contribution in [0.3, 0.4) is 0 Å². The van der Waals surface area contributed by atoms with Gasteiger partial charge in [0.15, 0.2) is 0 Å². The number of allylic oxidation sites excluding steroid dienone is 1. The lowest BCUT2D eigenvalue weighted by atomic mass is 10.0. The molecule has 0 radical (unpaired) electrons. The predicted octanol–water partition coefficient (Wildman–Crippen LogP) is 4.19. The van der Waals surface area contributed by atoms with E-state index in [2.05, 4.69) is 18.7 Å². The summed E-state index contributed by atoms with van der Waals surface area (Å²) in [4.78, 5) is 0. The molecule has 0 aromatic heterocycles. The lowest BCUT2D eigenvalue weighted by Crippen LogP contribution is -1.92. The minimum Gasteiger partial charge on any atom is -0.490 e. The summed E-state index contributed by atoms with van der Waals surface area (Å²) in [5.41, 5.74) is 2.61. The van der Waals surface area contributed by atoms with Crippen molar-refractivity contribution < 1.29 is 4.74 Å². The number of benzene rings is 2. The summed E-state index contributed by atoms with van der Waals surface area (Å²) in [5.74, 6) is 0.719. The first-order valence-electron chi connectivity index (χ1n) is 6.73. The second-order valence-electron chi connectivity index (χ2n) is 4.53. The molecule has 0 aliphatic rings. The standard InChI is InChI=1S/C19H14N2O/c1-2-9-22-19-8-4-5-15(12-19)10-18(14-21)17-7-3-6-16(11-17)13-20/h2-8,10-12H,1,9H2. The zero-order valence-corrected chi connectivity index (χ0v) is 12.0. The third kappa shape index (κ3) is 3.85. The predicted molar refractivity (Wildman–Crippen MR) is 86.8 cm³/mol. The van der Waals surface area contributed by atoms with Gasteiger partial charge in [0.25, 0.3) is 0 Å². The van der Waals surface area contributed by atoms with Crippen LogP contribution in [0.15, 0.2) is 61.2 Å². The molecule has 0 saturated heterocycles. The Morgan fingerprint density at radius 2 is 1.95 bits per heavy atom. The maximum atomic E-state index is 9.37. The number of nitriles is 2. The summed E-state index contributed by atoms with van der Waals surface area (Å²) in [6, 6.07) is 18.7. The molecule has 0 saturated carbocycles. The van der Waals surface area contributed by atoms with Crippen molar-refractivity contribution in [1.29, 1.82) is 10.5 Å². The van der Waals surface area contributed by atoms with Crippen molar-refractivity contribution >= 4 is 11.6 Å². The highest BCUT2D eigenvalue weighted by Gasteiger charge is 2.03. The summed E-state index contributed by atoms with van der Waals surface area (Å²) in [6.45, 7) is 4.04. The van der Waals surface area contributed by atoms with Crippen LogP contribution < -0.4 is 4.74 Å². The molecule has 0 bridgehead atoms. The van der Waals surface area contributed by atoms with Gasteiger partial charge in [-0.25, -0.2) is 0 Å². The molecule has 0 atom stereocenters. The monoisotopic (exact) mass is 286 g/mol. The molecule has 0 spiro atoms.